The fourth-order valence-electron chi connectivity index (χ4n) is 10.5. The van der Waals surface area contributed by atoms with E-state index < -0.39 is 24.3 Å². The number of aliphatic carboxylic acids is 1. The van der Waals surface area contributed by atoms with Crippen LogP contribution < -0.4 is 0 Å². The molecule has 0 spiro atoms. The molecule has 0 saturated carbocycles. The minimum Gasteiger partial charge on any atom is -0.477 e. The molecule has 0 saturated heterocycles. The van der Waals surface area contributed by atoms with Crippen LogP contribution in [0.25, 0.3) is 0 Å². The number of unbranched alkanes of at least 4 members (excludes halogenated alkanes) is 34. The number of rotatable bonds is 69. The third-order valence-electron chi connectivity index (χ3n) is 16.2. The van der Waals surface area contributed by atoms with Crippen molar-refractivity contribution in [1.29, 1.82) is 0 Å². The fourth-order valence-corrected chi connectivity index (χ4v) is 10.5. The Kier molecular flexibility index (Phi) is 68.1. The number of carboxylic acid groups (broad SMARTS) is 1. The summed E-state index contributed by atoms with van der Waals surface area (Å²) in [4.78, 5) is 37.7. The number of carbonyl (C=O) groups is 3. The zero-order valence-electron chi connectivity index (χ0n) is 59.7. The topological polar surface area (TPSA) is 108 Å². The molecule has 9 heteroatoms. The van der Waals surface area contributed by atoms with Gasteiger partial charge in [0.05, 0.1) is 34.4 Å². The minimum atomic E-state index is -1.52. The molecule has 1 N–H and O–H groups in total. The molecule has 91 heavy (non-hydrogen) atoms. The molecule has 0 rings (SSSR count). The number of hydrogen-bond donors (Lipinski definition) is 1. The van der Waals surface area contributed by atoms with E-state index in [1.165, 1.54) is 186 Å². The van der Waals surface area contributed by atoms with Crippen LogP contribution in [0.4, 0.5) is 0 Å². The van der Waals surface area contributed by atoms with Crippen LogP contribution in [0, 0.1) is 0 Å². The molecule has 0 radical (unpaired) electrons. The van der Waals surface area contributed by atoms with Crippen LogP contribution in [-0.2, 0) is 33.3 Å². The van der Waals surface area contributed by atoms with E-state index in [1.54, 1.807) is 0 Å². The normalized spacial score (nSPS) is 13.4. The van der Waals surface area contributed by atoms with Gasteiger partial charge in [-0.3, -0.25) is 9.59 Å². The molecule has 0 aromatic rings. The zero-order chi connectivity index (χ0) is 66.1. The van der Waals surface area contributed by atoms with Gasteiger partial charge in [0, 0.05) is 12.8 Å². The summed E-state index contributed by atoms with van der Waals surface area (Å²) in [6.07, 6.45) is 98.9. The third-order valence-corrected chi connectivity index (χ3v) is 16.2. The first kappa shape index (κ1) is 86.7. The zero-order valence-corrected chi connectivity index (χ0v) is 59.7. The number of nitrogens with zero attached hydrogens (tertiary/aromatic N) is 1. The van der Waals surface area contributed by atoms with Gasteiger partial charge >= 0.3 is 17.9 Å². The van der Waals surface area contributed by atoms with E-state index in [9.17, 15) is 19.5 Å². The van der Waals surface area contributed by atoms with Crippen molar-refractivity contribution in [2.75, 3.05) is 47.5 Å². The number of esters is 2. The molecule has 0 fully saturated rings. The van der Waals surface area contributed by atoms with E-state index in [0.717, 1.165) is 103 Å². The number of quaternary nitrogens is 1. The van der Waals surface area contributed by atoms with Gasteiger partial charge in [0.15, 0.2) is 6.10 Å². The molecule has 522 valence electrons. The van der Waals surface area contributed by atoms with Crippen molar-refractivity contribution >= 4 is 17.9 Å². The summed E-state index contributed by atoms with van der Waals surface area (Å²) in [7, 11) is 5.98. The molecule has 0 aromatic carbocycles. The summed E-state index contributed by atoms with van der Waals surface area (Å²) in [6.45, 7) is 4.79. The van der Waals surface area contributed by atoms with Gasteiger partial charge in [0.25, 0.3) is 6.29 Å². The molecule has 0 aromatic heterocycles. The Hall–Kier alpha value is -4.31. The molecular weight excluding hydrogens is 1130 g/mol. The highest BCUT2D eigenvalue weighted by molar-refractivity contribution is 5.71. The van der Waals surface area contributed by atoms with Crippen molar-refractivity contribution in [3.05, 3.63) is 122 Å². The van der Waals surface area contributed by atoms with Crippen molar-refractivity contribution in [1.82, 2.24) is 0 Å². The molecule has 0 heterocycles. The Bertz CT molecular complexity index is 1910. The maximum atomic E-state index is 13.0. The average molecular weight is 1270 g/mol. The monoisotopic (exact) mass is 1270 g/mol. The van der Waals surface area contributed by atoms with E-state index in [1.807, 2.05) is 21.1 Å². The van der Waals surface area contributed by atoms with E-state index >= 15 is 0 Å². The number of ether oxygens (including phenoxy) is 4. The molecule has 2 unspecified atom stereocenters. The van der Waals surface area contributed by atoms with Gasteiger partial charge in [-0.15, -0.1) is 0 Å². The van der Waals surface area contributed by atoms with Gasteiger partial charge in [0.2, 0.25) is 0 Å². The second-order valence-corrected chi connectivity index (χ2v) is 26.2. The number of hydrogen-bond acceptors (Lipinski definition) is 7. The van der Waals surface area contributed by atoms with Crippen LogP contribution in [0.5, 0.6) is 0 Å². The summed E-state index contributed by atoms with van der Waals surface area (Å²) < 4.78 is 23.0. The number of allylic oxidation sites excluding steroid dienone is 20. The second kappa shape index (κ2) is 71.5. The van der Waals surface area contributed by atoms with Crippen LogP contribution in [-0.4, -0.2) is 87.4 Å². The largest absolute Gasteiger partial charge is 0.477 e. The Morgan fingerprint density at radius 2 is 0.626 bits per heavy atom. The Labute approximate surface area is 561 Å². The van der Waals surface area contributed by atoms with E-state index in [0.29, 0.717) is 23.9 Å². The summed E-state index contributed by atoms with van der Waals surface area (Å²) in [5.41, 5.74) is 0. The maximum absolute atomic E-state index is 13.0. The Morgan fingerprint density at radius 1 is 0.341 bits per heavy atom. The maximum Gasteiger partial charge on any atom is 0.361 e. The third kappa shape index (κ3) is 73.0. The molecule has 0 amide bonds. The summed E-state index contributed by atoms with van der Waals surface area (Å²) in [5.74, 6) is -2.00. The smallest absolute Gasteiger partial charge is 0.361 e. The molecule has 9 nitrogen and oxygen atoms in total. The lowest BCUT2D eigenvalue weighted by Crippen LogP contribution is -2.40. The molecule has 0 aliphatic carbocycles. The first-order chi connectivity index (χ1) is 44.6. The van der Waals surface area contributed by atoms with E-state index in [4.69, 9.17) is 18.9 Å². The molecule has 0 bridgehead atoms. The van der Waals surface area contributed by atoms with Crippen molar-refractivity contribution in [2.45, 2.75) is 334 Å². The predicted octanol–water partition coefficient (Wildman–Crippen LogP) is 23.9. The lowest BCUT2D eigenvalue weighted by Gasteiger charge is -2.25. The molecule has 0 aliphatic rings. The molecule has 2 atom stereocenters. The van der Waals surface area contributed by atoms with Gasteiger partial charge in [-0.2, -0.15) is 0 Å². The predicted molar refractivity (Wildman–Crippen MR) is 391 cm³/mol. The average Bonchev–Trinajstić information content (AvgIpc) is 3.46. The second-order valence-electron chi connectivity index (χ2n) is 26.2. The highest BCUT2D eigenvalue weighted by Crippen LogP contribution is 2.18. The quantitative estimate of drug-likeness (QED) is 0.0211. The SMILES string of the molecule is CC/C=C\C/C=C\C/C=C\C/C=C\C/C=C\C/C=C\C/C=C\C/C=C\C/C=C\CCCCCCCCCCCCCC(=O)OC(COC(=O)CCCCCCCCCCCCCCCCC/C=C\CCCCCCCCCC)COC(OCC[N+](C)(C)C)C(=O)O. The van der Waals surface area contributed by atoms with Crippen molar-refractivity contribution < 1.29 is 42.9 Å². The summed E-state index contributed by atoms with van der Waals surface area (Å²) in [6, 6.07) is 0. The van der Waals surface area contributed by atoms with E-state index in [-0.39, 0.29) is 32.2 Å². The van der Waals surface area contributed by atoms with Crippen molar-refractivity contribution in [3.63, 3.8) is 0 Å². The fraction of sp³-hybridized carbons (Fsp3) is 0.720. The standard InChI is InChI=1S/C82H141NO8/c1-6-8-10-12-14-16-18-20-22-24-26-28-30-32-34-35-36-37-38-39-40-41-42-43-44-45-47-49-51-53-55-57-59-61-63-65-67-69-71-73-80(85)91-78(77-90-82(81(86)87)88-75-74-83(3,4)5)76-89-79(84)72-70-68-66-64-62-60-58-56-54-52-50-48-46-33-31-29-27-25-23-21-19-17-15-13-11-9-7-2/h8,10,14,16,20,22,25-28,32,34,36-37,39-40,42-43,45,47,78,82H,6-7,9,11-13,15,17-19,21,23-24,29-31,33,35,38,41,44,46,48-77H2,1-5H3/p+1/b10-8-,16-14-,22-20-,27-25-,28-26-,34-32-,37-36-,40-39-,43-42-,47-45-. The first-order valence-corrected chi connectivity index (χ1v) is 37.7. The summed E-state index contributed by atoms with van der Waals surface area (Å²) >= 11 is 0. The van der Waals surface area contributed by atoms with Gasteiger partial charge < -0.3 is 28.5 Å². The van der Waals surface area contributed by atoms with E-state index in [2.05, 4.69) is 135 Å². The number of likely N-dealkylation sites (N-methyl/N-ethyl adjacent to an activating group) is 1. The molecule has 0 aliphatic heterocycles. The lowest BCUT2D eigenvalue weighted by atomic mass is 10.0. The van der Waals surface area contributed by atoms with Gasteiger partial charge in [-0.05, 0) is 109 Å². The number of carbonyl (C=O) groups excluding carboxylic acids is 2. The Balaban J connectivity index is 4.11. The highest BCUT2D eigenvalue weighted by Gasteiger charge is 2.25. The van der Waals surface area contributed by atoms with Crippen LogP contribution in [0.2, 0.25) is 0 Å². The van der Waals surface area contributed by atoms with Crippen LogP contribution in [0.3, 0.4) is 0 Å². The summed E-state index contributed by atoms with van der Waals surface area (Å²) in [5, 5.41) is 9.76. The van der Waals surface area contributed by atoms with Crippen LogP contribution >= 0.6 is 0 Å². The lowest BCUT2D eigenvalue weighted by molar-refractivity contribution is -0.870. The Morgan fingerprint density at radius 3 is 0.945 bits per heavy atom. The van der Waals surface area contributed by atoms with Gasteiger partial charge in [-0.1, -0.05) is 322 Å². The van der Waals surface area contributed by atoms with Crippen molar-refractivity contribution in [2.24, 2.45) is 0 Å². The first-order valence-electron chi connectivity index (χ1n) is 37.7. The van der Waals surface area contributed by atoms with Crippen LogP contribution in [0.1, 0.15) is 322 Å². The van der Waals surface area contributed by atoms with Gasteiger partial charge in [-0.25, -0.2) is 4.79 Å². The minimum absolute atomic E-state index is 0.184. The highest BCUT2D eigenvalue weighted by atomic mass is 16.7. The molecular formula is C82H142NO8+. The van der Waals surface area contributed by atoms with Crippen LogP contribution in [0.15, 0.2) is 122 Å². The van der Waals surface area contributed by atoms with Crippen molar-refractivity contribution in [3.8, 4) is 0 Å². The van der Waals surface area contributed by atoms with Gasteiger partial charge in [0.1, 0.15) is 13.2 Å². The number of carboxylic acids is 1.